The summed E-state index contributed by atoms with van der Waals surface area (Å²) in [5, 5.41) is 3.30. The zero-order valence-electron chi connectivity index (χ0n) is 20.6. The van der Waals surface area contributed by atoms with E-state index in [-0.39, 0.29) is 23.0 Å². The number of anilines is 1. The van der Waals surface area contributed by atoms with Gasteiger partial charge in [0, 0.05) is 18.1 Å². The van der Waals surface area contributed by atoms with Gasteiger partial charge in [0.1, 0.15) is 18.4 Å². The number of sulfonamides is 1. The summed E-state index contributed by atoms with van der Waals surface area (Å²) in [5.74, 6) is -1.50. The van der Waals surface area contributed by atoms with Crippen molar-refractivity contribution in [3.05, 3.63) is 95.3 Å². The second-order valence-electron chi connectivity index (χ2n) is 8.42. The van der Waals surface area contributed by atoms with Gasteiger partial charge < -0.3 is 10.2 Å². The Hall–Kier alpha value is -3.43. The number of nitrogens with one attached hydrogen (secondary N) is 1. The van der Waals surface area contributed by atoms with Gasteiger partial charge in [0.2, 0.25) is 11.8 Å². The lowest BCUT2D eigenvalue weighted by Gasteiger charge is -2.32. The van der Waals surface area contributed by atoms with Gasteiger partial charge in [-0.25, -0.2) is 12.8 Å². The second kappa shape index (κ2) is 12.7. The van der Waals surface area contributed by atoms with Gasteiger partial charge in [0.15, 0.2) is 0 Å². The molecule has 0 bridgehead atoms. The number of hydrogen-bond acceptors (Lipinski definition) is 4. The molecule has 0 saturated heterocycles. The van der Waals surface area contributed by atoms with E-state index in [0.717, 1.165) is 22.9 Å². The van der Waals surface area contributed by atoms with Crippen LogP contribution in [0.3, 0.4) is 0 Å². The number of halogens is 2. The van der Waals surface area contributed by atoms with E-state index < -0.39 is 34.3 Å². The fraction of sp³-hybridized carbons (Fsp3) is 0.259. The van der Waals surface area contributed by atoms with Crippen molar-refractivity contribution in [1.29, 1.82) is 0 Å². The molecule has 0 spiro atoms. The van der Waals surface area contributed by atoms with E-state index in [2.05, 4.69) is 5.32 Å². The molecule has 0 saturated carbocycles. The maximum atomic E-state index is 13.7. The highest BCUT2D eigenvalue weighted by Gasteiger charge is 2.32. The molecule has 3 aromatic carbocycles. The molecule has 0 radical (unpaired) electrons. The first-order chi connectivity index (χ1) is 17.6. The van der Waals surface area contributed by atoms with Gasteiger partial charge in [-0.2, -0.15) is 0 Å². The van der Waals surface area contributed by atoms with Crippen molar-refractivity contribution in [2.24, 2.45) is 0 Å². The largest absolute Gasteiger partial charge is 0.354 e. The van der Waals surface area contributed by atoms with Crippen molar-refractivity contribution in [3.8, 4) is 0 Å². The van der Waals surface area contributed by atoms with Gasteiger partial charge in [0.05, 0.1) is 10.6 Å². The first-order valence-electron chi connectivity index (χ1n) is 11.8. The summed E-state index contributed by atoms with van der Waals surface area (Å²) in [6, 6.07) is 18.4. The van der Waals surface area contributed by atoms with E-state index in [1.165, 1.54) is 29.2 Å². The first kappa shape index (κ1) is 28.1. The van der Waals surface area contributed by atoms with Crippen LogP contribution in [0.4, 0.5) is 10.1 Å². The molecule has 0 aliphatic carbocycles. The molecule has 1 atom stereocenters. The Morgan fingerprint density at radius 1 is 0.973 bits per heavy atom. The zero-order chi connectivity index (χ0) is 27.0. The molecule has 2 amide bonds. The van der Waals surface area contributed by atoms with E-state index in [1.807, 2.05) is 6.92 Å². The van der Waals surface area contributed by atoms with E-state index in [9.17, 15) is 22.4 Å². The Labute approximate surface area is 221 Å². The van der Waals surface area contributed by atoms with Crippen molar-refractivity contribution < 1.29 is 22.4 Å². The molecule has 7 nitrogen and oxygen atoms in total. The van der Waals surface area contributed by atoms with E-state index in [0.29, 0.717) is 17.1 Å². The minimum Gasteiger partial charge on any atom is -0.354 e. The predicted molar refractivity (Wildman–Crippen MR) is 142 cm³/mol. The fourth-order valence-electron chi connectivity index (χ4n) is 3.62. The Kier molecular flexibility index (Phi) is 9.66. The molecule has 0 aliphatic heterocycles. The van der Waals surface area contributed by atoms with E-state index in [4.69, 9.17) is 11.6 Å². The first-order valence-corrected chi connectivity index (χ1v) is 13.6. The van der Waals surface area contributed by atoms with Gasteiger partial charge in [0.25, 0.3) is 10.0 Å². The summed E-state index contributed by atoms with van der Waals surface area (Å²) in [7, 11) is -4.19. The van der Waals surface area contributed by atoms with Crippen LogP contribution < -0.4 is 9.62 Å². The number of carbonyl (C=O) groups is 2. The van der Waals surface area contributed by atoms with Crippen LogP contribution in [0.15, 0.2) is 83.8 Å². The van der Waals surface area contributed by atoms with Gasteiger partial charge in [-0.1, -0.05) is 48.9 Å². The smallest absolute Gasteiger partial charge is 0.264 e. The normalized spacial score (nSPS) is 12.0. The van der Waals surface area contributed by atoms with Crippen molar-refractivity contribution in [2.45, 2.75) is 37.8 Å². The van der Waals surface area contributed by atoms with Crippen LogP contribution in [0.25, 0.3) is 0 Å². The lowest BCUT2D eigenvalue weighted by Crippen LogP contribution is -2.51. The van der Waals surface area contributed by atoms with Crippen LogP contribution in [0, 0.1) is 5.82 Å². The molecule has 0 aromatic heterocycles. The molecule has 1 N–H and O–H groups in total. The topological polar surface area (TPSA) is 86.8 Å². The Morgan fingerprint density at radius 3 is 2.19 bits per heavy atom. The maximum Gasteiger partial charge on any atom is 0.264 e. The van der Waals surface area contributed by atoms with E-state index in [1.54, 1.807) is 49.4 Å². The van der Waals surface area contributed by atoms with Gasteiger partial charge in [-0.05, 0) is 67.4 Å². The number of nitrogens with zero attached hydrogens (tertiary/aromatic N) is 2. The minimum atomic E-state index is -4.19. The summed E-state index contributed by atoms with van der Waals surface area (Å²) in [6.45, 7) is 3.40. The summed E-state index contributed by atoms with van der Waals surface area (Å²) in [4.78, 5) is 27.8. The second-order valence-corrected chi connectivity index (χ2v) is 10.7. The van der Waals surface area contributed by atoms with Crippen LogP contribution in [0.5, 0.6) is 0 Å². The Morgan fingerprint density at radius 2 is 1.59 bits per heavy atom. The number of amides is 2. The molecular weight excluding hydrogens is 517 g/mol. The Balaban J connectivity index is 1.99. The average molecular weight is 546 g/mol. The number of benzene rings is 3. The highest BCUT2D eigenvalue weighted by atomic mass is 35.5. The van der Waals surface area contributed by atoms with Gasteiger partial charge in [-0.15, -0.1) is 0 Å². The fourth-order valence-corrected chi connectivity index (χ4v) is 5.18. The summed E-state index contributed by atoms with van der Waals surface area (Å²) >= 11 is 5.99. The Bertz CT molecular complexity index is 1300. The molecular formula is C27H29ClFN3O4S. The molecule has 37 heavy (non-hydrogen) atoms. The number of hydrogen-bond donors (Lipinski definition) is 1. The molecule has 3 aromatic rings. The minimum absolute atomic E-state index is 0.0230. The molecule has 0 heterocycles. The molecule has 196 valence electrons. The number of rotatable bonds is 11. The van der Waals surface area contributed by atoms with Crippen molar-refractivity contribution in [2.75, 3.05) is 17.4 Å². The lowest BCUT2D eigenvalue weighted by atomic mass is 10.1. The average Bonchev–Trinajstić information content (AvgIpc) is 2.90. The standard InChI is InChI=1S/C27H29ClFN3O4S/c1-3-17-30-27(34)20(2)31(18-21-9-11-22(28)12-10-21)26(33)19-32(24-15-13-23(29)14-16-24)37(35,36)25-7-5-4-6-8-25/h4-16,20H,3,17-19H2,1-2H3,(H,30,34). The van der Waals surface area contributed by atoms with Crippen molar-refractivity contribution >= 4 is 39.1 Å². The molecule has 1 unspecified atom stereocenters. The third-order valence-electron chi connectivity index (χ3n) is 5.71. The van der Waals surface area contributed by atoms with Crippen LogP contribution >= 0.6 is 11.6 Å². The maximum absolute atomic E-state index is 13.7. The third-order valence-corrected chi connectivity index (χ3v) is 7.75. The van der Waals surface area contributed by atoms with Crippen LogP contribution in [0.1, 0.15) is 25.8 Å². The lowest BCUT2D eigenvalue weighted by molar-refractivity contribution is -0.139. The highest BCUT2D eigenvalue weighted by Crippen LogP contribution is 2.25. The van der Waals surface area contributed by atoms with Crippen LogP contribution in [-0.2, 0) is 26.2 Å². The summed E-state index contributed by atoms with van der Waals surface area (Å²) in [5.41, 5.74) is 0.834. The quantitative estimate of drug-likeness (QED) is 0.381. The third kappa shape index (κ3) is 7.30. The highest BCUT2D eigenvalue weighted by molar-refractivity contribution is 7.92. The SMILES string of the molecule is CCCNC(=O)C(C)N(Cc1ccc(Cl)cc1)C(=O)CN(c1ccc(F)cc1)S(=O)(=O)c1ccccc1. The van der Waals surface area contributed by atoms with Crippen LogP contribution in [0.2, 0.25) is 5.02 Å². The molecule has 3 rings (SSSR count). The predicted octanol–water partition coefficient (Wildman–Crippen LogP) is 4.62. The summed E-state index contributed by atoms with van der Waals surface area (Å²) in [6.07, 6.45) is 0.719. The van der Waals surface area contributed by atoms with Crippen LogP contribution in [-0.4, -0.2) is 44.3 Å². The zero-order valence-corrected chi connectivity index (χ0v) is 22.2. The van der Waals surface area contributed by atoms with E-state index >= 15 is 0 Å². The molecule has 0 fully saturated rings. The number of carbonyl (C=O) groups excluding carboxylic acids is 2. The van der Waals surface area contributed by atoms with Gasteiger partial charge in [-0.3, -0.25) is 13.9 Å². The molecule has 10 heteroatoms. The monoisotopic (exact) mass is 545 g/mol. The van der Waals surface area contributed by atoms with Crippen molar-refractivity contribution in [3.63, 3.8) is 0 Å². The molecule has 0 aliphatic rings. The van der Waals surface area contributed by atoms with Crippen molar-refractivity contribution in [1.82, 2.24) is 10.2 Å². The van der Waals surface area contributed by atoms with Gasteiger partial charge >= 0.3 is 0 Å². The summed E-state index contributed by atoms with van der Waals surface area (Å²) < 4.78 is 41.7.